The second-order valence-corrected chi connectivity index (χ2v) is 4.20. The van der Waals surface area contributed by atoms with E-state index in [9.17, 15) is 4.79 Å². The summed E-state index contributed by atoms with van der Waals surface area (Å²) in [7, 11) is 0. The molecule has 0 saturated carbocycles. The van der Waals surface area contributed by atoms with Crippen LogP contribution in [0.2, 0.25) is 0 Å². The van der Waals surface area contributed by atoms with Gasteiger partial charge in [0, 0.05) is 17.8 Å². The topological polar surface area (TPSA) is 88.0 Å². The summed E-state index contributed by atoms with van der Waals surface area (Å²) in [5.41, 5.74) is 0.0626. The lowest BCUT2D eigenvalue weighted by Crippen LogP contribution is -2.09. The monoisotopic (exact) mass is 250 g/mol. The van der Waals surface area contributed by atoms with E-state index < -0.39 is 5.97 Å². The highest BCUT2D eigenvalue weighted by atomic mass is 32.1. The Hall–Kier alpha value is -2.02. The number of hydrogen-bond acceptors (Lipinski definition) is 6. The van der Waals surface area contributed by atoms with Crippen molar-refractivity contribution >= 4 is 23.3 Å². The van der Waals surface area contributed by atoms with Crippen molar-refractivity contribution in [2.75, 3.05) is 5.32 Å². The van der Waals surface area contributed by atoms with Gasteiger partial charge in [-0.15, -0.1) is 11.3 Å². The summed E-state index contributed by atoms with van der Waals surface area (Å²) in [6.45, 7) is 1.88. The van der Waals surface area contributed by atoms with Crippen LogP contribution in [0.25, 0.3) is 0 Å². The summed E-state index contributed by atoms with van der Waals surface area (Å²) in [5, 5.41) is 14.0. The van der Waals surface area contributed by atoms with Crippen molar-refractivity contribution < 1.29 is 9.90 Å². The molecule has 0 aliphatic heterocycles. The summed E-state index contributed by atoms with van der Waals surface area (Å²) < 4.78 is 0. The van der Waals surface area contributed by atoms with Crippen molar-refractivity contribution in [3.63, 3.8) is 0 Å². The van der Waals surface area contributed by atoms with E-state index in [2.05, 4.69) is 20.3 Å². The van der Waals surface area contributed by atoms with Crippen LogP contribution in [0.3, 0.4) is 0 Å². The Balaban J connectivity index is 2.09. The first-order valence-corrected chi connectivity index (χ1v) is 5.77. The zero-order valence-electron chi connectivity index (χ0n) is 8.99. The lowest BCUT2D eigenvalue weighted by Gasteiger charge is -2.09. The molecule has 0 radical (unpaired) electrons. The van der Waals surface area contributed by atoms with E-state index in [1.807, 2.05) is 6.92 Å². The number of carboxylic acids is 1. The smallest absolute Gasteiger partial charge is 0.355 e. The quantitative estimate of drug-likeness (QED) is 0.860. The Morgan fingerprint density at radius 2 is 2.18 bits per heavy atom. The second kappa shape index (κ2) is 4.88. The molecule has 0 saturated heterocycles. The van der Waals surface area contributed by atoms with Gasteiger partial charge in [-0.25, -0.2) is 19.7 Å². The number of thiazole rings is 1. The van der Waals surface area contributed by atoms with Crippen LogP contribution >= 0.6 is 11.3 Å². The maximum absolute atomic E-state index is 10.7. The Morgan fingerprint density at radius 3 is 2.76 bits per heavy atom. The van der Waals surface area contributed by atoms with Crippen molar-refractivity contribution in [1.29, 1.82) is 0 Å². The van der Waals surface area contributed by atoms with Crippen LogP contribution in [0.1, 0.15) is 28.5 Å². The van der Waals surface area contributed by atoms with Gasteiger partial charge in [-0.05, 0) is 13.0 Å². The minimum Gasteiger partial charge on any atom is -0.476 e. The fourth-order valence-corrected chi connectivity index (χ4v) is 2.01. The van der Waals surface area contributed by atoms with Crippen LogP contribution < -0.4 is 5.32 Å². The molecule has 2 N–H and O–H groups in total. The van der Waals surface area contributed by atoms with Crippen molar-refractivity contribution in [2.45, 2.75) is 13.0 Å². The molecular formula is C10H10N4O2S. The van der Waals surface area contributed by atoms with E-state index in [1.165, 1.54) is 16.7 Å². The van der Waals surface area contributed by atoms with E-state index in [1.54, 1.807) is 18.5 Å². The van der Waals surface area contributed by atoms with E-state index >= 15 is 0 Å². The van der Waals surface area contributed by atoms with Gasteiger partial charge in [0.05, 0.1) is 6.04 Å². The summed E-state index contributed by atoms with van der Waals surface area (Å²) >= 11 is 1.30. The fraction of sp³-hybridized carbons (Fsp3) is 0.200. The average Bonchev–Trinajstić information content (AvgIpc) is 2.79. The zero-order valence-corrected chi connectivity index (χ0v) is 9.81. The van der Waals surface area contributed by atoms with Crippen molar-refractivity contribution in [3.05, 3.63) is 34.5 Å². The number of hydrogen-bond donors (Lipinski definition) is 2. The molecule has 88 valence electrons. The van der Waals surface area contributed by atoms with Crippen LogP contribution in [0.5, 0.6) is 0 Å². The Kier molecular flexibility index (Phi) is 3.29. The first kappa shape index (κ1) is 11.5. The Labute approximate surface area is 101 Å². The highest BCUT2D eigenvalue weighted by Gasteiger charge is 2.14. The molecule has 2 heterocycles. The van der Waals surface area contributed by atoms with E-state index in [-0.39, 0.29) is 11.7 Å². The number of nitrogens with zero attached hydrogens (tertiary/aromatic N) is 3. The van der Waals surface area contributed by atoms with Crippen LogP contribution in [0.15, 0.2) is 23.8 Å². The summed E-state index contributed by atoms with van der Waals surface area (Å²) in [6, 6.07) is 1.59. The average molecular weight is 250 g/mol. The molecule has 0 fully saturated rings. The molecule has 6 nitrogen and oxygen atoms in total. The van der Waals surface area contributed by atoms with Crippen LogP contribution in [-0.2, 0) is 0 Å². The summed E-state index contributed by atoms with van der Waals surface area (Å²) in [5.74, 6) is -0.525. The molecule has 1 atom stereocenters. The molecule has 0 amide bonds. The highest BCUT2D eigenvalue weighted by Crippen LogP contribution is 2.20. The SMILES string of the molecule is CC(Nc1ncccn1)c1nc(C(=O)O)cs1. The van der Waals surface area contributed by atoms with Crippen molar-refractivity contribution in [1.82, 2.24) is 15.0 Å². The van der Waals surface area contributed by atoms with Gasteiger partial charge in [0.25, 0.3) is 0 Å². The van der Waals surface area contributed by atoms with Crippen molar-refractivity contribution in [2.24, 2.45) is 0 Å². The largest absolute Gasteiger partial charge is 0.476 e. The van der Waals surface area contributed by atoms with E-state index in [0.717, 1.165) is 0 Å². The summed E-state index contributed by atoms with van der Waals surface area (Å²) in [6.07, 6.45) is 3.26. The third-order valence-electron chi connectivity index (χ3n) is 2.02. The number of aromatic carboxylic acids is 1. The van der Waals surface area contributed by atoms with Gasteiger partial charge in [-0.3, -0.25) is 0 Å². The number of carbonyl (C=O) groups is 1. The third kappa shape index (κ3) is 2.76. The molecule has 0 spiro atoms. The molecule has 2 rings (SSSR count). The highest BCUT2D eigenvalue weighted by molar-refractivity contribution is 7.09. The first-order valence-electron chi connectivity index (χ1n) is 4.89. The van der Waals surface area contributed by atoms with Gasteiger partial charge < -0.3 is 10.4 Å². The maximum Gasteiger partial charge on any atom is 0.355 e. The van der Waals surface area contributed by atoms with Crippen LogP contribution in [0.4, 0.5) is 5.95 Å². The van der Waals surface area contributed by atoms with Gasteiger partial charge in [-0.2, -0.15) is 0 Å². The number of rotatable bonds is 4. The molecule has 0 aliphatic rings. The Bertz CT molecular complexity index is 514. The van der Waals surface area contributed by atoms with Gasteiger partial charge in [0.2, 0.25) is 5.95 Å². The third-order valence-corrected chi connectivity index (χ3v) is 3.05. The molecule has 7 heteroatoms. The van der Waals surface area contributed by atoms with E-state index in [4.69, 9.17) is 5.11 Å². The molecule has 0 aromatic carbocycles. The second-order valence-electron chi connectivity index (χ2n) is 3.31. The Morgan fingerprint density at radius 1 is 1.47 bits per heavy atom. The number of aromatic nitrogens is 3. The van der Waals surface area contributed by atoms with Gasteiger partial charge in [-0.1, -0.05) is 0 Å². The first-order chi connectivity index (χ1) is 8.16. The van der Waals surface area contributed by atoms with Gasteiger partial charge >= 0.3 is 5.97 Å². The van der Waals surface area contributed by atoms with Crippen LogP contribution in [0, 0.1) is 0 Å². The standard InChI is InChI=1S/C10H10N4O2S/c1-6(13-10-11-3-2-4-12-10)8-14-7(5-17-8)9(15)16/h2-6H,1H3,(H,15,16)(H,11,12,13). The zero-order chi connectivity index (χ0) is 12.3. The lowest BCUT2D eigenvalue weighted by molar-refractivity contribution is 0.0691. The lowest BCUT2D eigenvalue weighted by atomic mass is 10.3. The van der Waals surface area contributed by atoms with Gasteiger partial charge in [0.15, 0.2) is 5.69 Å². The number of nitrogens with one attached hydrogen (secondary N) is 1. The molecule has 2 aromatic rings. The summed E-state index contributed by atoms with van der Waals surface area (Å²) in [4.78, 5) is 22.7. The van der Waals surface area contributed by atoms with Crippen molar-refractivity contribution in [3.8, 4) is 0 Å². The predicted molar refractivity (Wildman–Crippen MR) is 63.1 cm³/mol. The number of carboxylic acid groups (broad SMARTS) is 1. The minimum absolute atomic E-state index is 0.0626. The maximum atomic E-state index is 10.7. The van der Waals surface area contributed by atoms with Gasteiger partial charge in [0.1, 0.15) is 5.01 Å². The molecule has 2 aromatic heterocycles. The normalized spacial score (nSPS) is 12.1. The number of anilines is 1. The molecule has 17 heavy (non-hydrogen) atoms. The predicted octanol–water partition coefficient (Wildman–Crippen LogP) is 1.80. The minimum atomic E-state index is -1.02. The molecular weight excluding hydrogens is 240 g/mol. The van der Waals surface area contributed by atoms with E-state index in [0.29, 0.717) is 11.0 Å². The fourth-order valence-electron chi connectivity index (χ4n) is 1.21. The van der Waals surface area contributed by atoms with Crippen LogP contribution in [-0.4, -0.2) is 26.0 Å². The molecule has 0 bridgehead atoms. The molecule has 1 unspecified atom stereocenters. The molecule has 0 aliphatic carbocycles.